The molecular weight excluding hydrogens is 260 g/mol. The lowest BCUT2D eigenvalue weighted by atomic mass is 9.94. The zero-order chi connectivity index (χ0) is 13.9. The zero-order valence-corrected chi connectivity index (χ0v) is 13.1. The summed E-state index contributed by atoms with van der Waals surface area (Å²) >= 11 is 0. The maximum absolute atomic E-state index is 11.7. The van der Waals surface area contributed by atoms with E-state index in [1.165, 1.54) is 19.3 Å². The molecule has 3 atom stereocenters. The Labute approximate surface area is 117 Å². The topological polar surface area (TPSA) is 49.4 Å². The second kappa shape index (κ2) is 6.55. The number of sulfone groups is 1. The van der Waals surface area contributed by atoms with E-state index in [-0.39, 0.29) is 6.04 Å². The molecule has 0 aromatic rings. The van der Waals surface area contributed by atoms with Crippen LogP contribution in [-0.4, -0.2) is 56.0 Å². The van der Waals surface area contributed by atoms with Crippen molar-refractivity contribution < 1.29 is 8.42 Å². The van der Waals surface area contributed by atoms with E-state index in [1.54, 1.807) is 0 Å². The molecule has 2 fully saturated rings. The van der Waals surface area contributed by atoms with Crippen LogP contribution in [0.4, 0.5) is 0 Å². The van der Waals surface area contributed by atoms with Crippen LogP contribution in [-0.2, 0) is 9.84 Å². The quantitative estimate of drug-likeness (QED) is 0.831. The number of piperidine rings is 1. The molecule has 2 saturated heterocycles. The highest BCUT2D eigenvalue weighted by molar-refractivity contribution is 7.91. The number of hydrogen-bond acceptors (Lipinski definition) is 4. The normalized spacial score (nSPS) is 33.4. The highest BCUT2D eigenvalue weighted by Crippen LogP contribution is 2.27. The van der Waals surface area contributed by atoms with Gasteiger partial charge in [-0.15, -0.1) is 0 Å². The molecule has 4 nitrogen and oxygen atoms in total. The zero-order valence-electron chi connectivity index (χ0n) is 12.3. The lowest BCUT2D eigenvalue weighted by Gasteiger charge is -2.42. The molecule has 0 spiro atoms. The van der Waals surface area contributed by atoms with Gasteiger partial charge in [0.1, 0.15) is 0 Å². The van der Waals surface area contributed by atoms with Gasteiger partial charge >= 0.3 is 0 Å². The summed E-state index contributed by atoms with van der Waals surface area (Å²) in [4.78, 5) is 2.49. The molecule has 0 amide bonds. The Bertz CT molecular complexity index is 383. The summed E-state index contributed by atoms with van der Waals surface area (Å²) in [6.45, 7) is 6.56. The van der Waals surface area contributed by atoms with Crippen molar-refractivity contribution >= 4 is 9.84 Å². The van der Waals surface area contributed by atoms with E-state index in [9.17, 15) is 8.42 Å². The van der Waals surface area contributed by atoms with Crippen LogP contribution < -0.4 is 5.32 Å². The summed E-state index contributed by atoms with van der Waals surface area (Å²) in [5, 5.41) is 3.59. The molecule has 1 N–H and O–H groups in total. The largest absolute Gasteiger partial charge is 0.313 e. The first-order chi connectivity index (χ1) is 9.03. The number of rotatable bonds is 5. The predicted octanol–water partition coefficient (Wildman–Crippen LogP) is 1.42. The lowest BCUT2D eigenvalue weighted by molar-refractivity contribution is 0.0829. The molecule has 0 saturated carbocycles. The molecule has 2 rings (SSSR count). The molecule has 0 bridgehead atoms. The van der Waals surface area contributed by atoms with E-state index in [2.05, 4.69) is 24.1 Å². The molecule has 2 aliphatic rings. The summed E-state index contributed by atoms with van der Waals surface area (Å²) in [6.07, 6.45) is 5.68. The van der Waals surface area contributed by atoms with Gasteiger partial charge in [-0.1, -0.05) is 13.3 Å². The van der Waals surface area contributed by atoms with Gasteiger partial charge < -0.3 is 5.32 Å². The van der Waals surface area contributed by atoms with Crippen molar-refractivity contribution in [2.75, 3.05) is 24.6 Å². The molecule has 5 heteroatoms. The van der Waals surface area contributed by atoms with Gasteiger partial charge in [0.2, 0.25) is 0 Å². The molecular formula is C14H28N2O2S. The second-order valence-corrected chi connectivity index (χ2v) is 8.33. The van der Waals surface area contributed by atoms with Gasteiger partial charge in [-0.25, -0.2) is 8.42 Å². The number of nitrogens with one attached hydrogen (secondary N) is 1. The summed E-state index contributed by atoms with van der Waals surface area (Å²) in [5.74, 6) is 0.766. The van der Waals surface area contributed by atoms with Crippen molar-refractivity contribution in [2.24, 2.45) is 0 Å². The van der Waals surface area contributed by atoms with Gasteiger partial charge in [-0.2, -0.15) is 0 Å². The summed E-state index contributed by atoms with van der Waals surface area (Å²) in [5.41, 5.74) is 0. The maximum atomic E-state index is 11.7. The van der Waals surface area contributed by atoms with Crippen LogP contribution >= 0.6 is 0 Å². The van der Waals surface area contributed by atoms with E-state index in [1.807, 2.05) is 0 Å². The Morgan fingerprint density at radius 3 is 2.74 bits per heavy atom. The van der Waals surface area contributed by atoms with Crippen LogP contribution in [0.1, 0.15) is 46.0 Å². The number of nitrogens with zero attached hydrogens (tertiary/aromatic N) is 1. The molecule has 2 aliphatic heterocycles. The Balaban J connectivity index is 1.99. The number of likely N-dealkylation sites (tertiary alicyclic amines) is 1. The fraction of sp³-hybridized carbons (Fsp3) is 1.00. The van der Waals surface area contributed by atoms with Crippen LogP contribution in [0.25, 0.3) is 0 Å². The summed E-state index contributed by atoms with van der Waals surface area (Å²) in [7, 11) is -2.77. The van der Waals surface area contributed by atoms with Gasteiger partial charge in [0.25, 0.3) is 0 Å². The molecule has 19 heavy (non-hydrogen) atoms. The smallest absolute Gasteiger partial charge is 0.151 e. The minimum Gasteiger partial charge on any atom is -0.313 e. The predicted molar refractivity (Wildman–Crippen MR) is 79.2 cm³/mol. The SMILES string of the molecule is CCCNC(C)C1CCCCN1C1CCS(=O)(=O)C1. The minimum absolute atomic E-state index is 0.265. The van der Waals surface area contributed by atoms with Gasteiger partial charge in [0, 0.05) is 18.1 Å². The minimum atomic E-state index is -2.77. The molecule has 2 heterocycles. The Morgan fingerprint density at radius 1 is 1.32 bits per heavy atom. The van der Waals surface area contributed by atoms with Gasteiger partial charge in [-0.3, -0.25) is 4.90 Å². The molecule has 3 unspecified atom stereocenters. The fourth-order valence-corrected chi connectivity index (χ4v) is 5.26. The van der Waals surface area contributed by atoms with Gasteiger partial charge in [0.15, 0.2) is 9.84 Å². The second-order valence-electron chi connectivity index (χ2n) is 6.10. The standard InChI is InChI=1S/C14H28N2O2S/c1-3-8-15-12(2)14-6-4-5-9-16(14)13-7-10-19(17,18)11-13/h12-15H,3-11H2,1-2H3. The van der Waals surface area contributed by atoms with E-state index in [0.717, 1.165) is 25.9 Å². The average molecular weight is 288 g/mol. The third-order valence-electron chi connectivity index (χ3n) is 4.56. The first-order valence-electron chi connectivity index (χ1n) is 7.73. The van der Waals surface area contributed by atoms with Crippen molar-refractivity contribution in [3.05, 3.63) is 0 Å². The van der Waals surface area contributed by atoms with Crippen molar-refractivity contribution in [1.82, 2.24) is 10.2 Å². The molecule has 112 valence electrons. The van der Waals surface area contributed by atoms with E-state index < -0.39 is 9.84 Å². The van der Waals surface area contributed by atoms with Crippen molar-refractivity contribution in [3.8, 4) is 0 Å². The maximum Gasteiger partial charge on any atom is 0.151 e. The Morgan fingerprint density at radius 2 is 2.11 bits per heavy atom. The van der Waals surface area contributed by atoms with Crippen LogP contribution in [0.2, 0.25) is 0 Å². The third kappa shape index (κ3) is 3.92. The first kappa shape index (κ1) is 15.3. The highest BCUT2D eigenvalue weighted by Gasteiger charge is 2.38. The monoisotopic (exact) mass is 288 g/mol. The van der Waals surface area contributed by atoms with E-state index >= 15 is 0 Å². The average Bonchev–Trinajstić information content (AvgIpc) is 2.76. The Hall–Kier alpha value is -0.130. The van der Waals surface area contributed by atoms with Gasteiger partial charge in [-0.05, 0) is 45.7 Å². The number of hydrogen-bond donors (Lipinski definition) is 1. The van der Waals surface area contributed by atoms with E-state index in [0.29, 0.717) is 23.6 Å². The van der Waals surface area contributed by atoms with Crippen molar-refractivity contribution in [1.29, 1.82) is 0 Å². The molecule has 0 aromatic heterocycles. The van der Waals surface area contributed by atoms with Crippen LogP contribution in [0.5, 0.6) is 0 Å². The van der Waals surface area contributed by atoms with E-state index in [4.69, 9.17) is 0 Å². The van der Waals surface area contributed by atoms with Crippen molar-refractivity contribution in [2.45, 2.75) is 64.1 Å². The van der Waals surface area contributed by atoms with Crippen LogP contribution in [0, 0.1) is 0 Å². The summed E-state index contributed by atoms with van der Waals surface area (Å²) < 4.78 is 23.4. The first-order valence-corrected chi connectivity index (χ1v) is 9.55. The molecule has 0 radical (unpaired) electrons. The summed E-state index contributed by atoms with van der Waals surface area (Å²) in [6, 6.07) is 1.24. The molecule has 0 aromatic carbocycles. The molecule has 0 aliphatic carbocycles. The highest BCUT2D eigenvalue weighted by atomic mass is 32.2. The Kier molecular flexibility index (Phi) is 5.26. The van der Waals surface area contributed by atoms with Gasteiger partial charge in [0.05, 0.1) is 11.5 Å². The van der Waals surface area contributed by atoms with Crippen LogP contribution in [0.3, 0.4) is 0 Å². The third-order valence-corrected chi connectivity index (χ3v) is 6.31. The van der Waals surface area contributed by atoms with Crippen LogP contribution in [0.15, 0.2) is 0 Å². The van der Waals surface area contributed by atoms with Crippen molar-refractivity contribution in [3.63, 3.8) is 0 Å². The lowest BCUT2D eigenvalue weighted by Crippen LogP contribution is -2.55. The fourth-order valence-electron chi connectivity index (χ4n) is 3.52.